The number of rotatable bonds is 7. The van der Waals surface area contributed by atoms with E-state index in [4.69, 9.17) is 32.7 Å². The average molecular weight is 390 g/mol. The van der Waals surface area contributed by atoms with Gasteiger partial charge in [0, 0.05) is 22.7 Å². The second kappa shape index (κ2) is 8.07. The Morgan fingerprint density at radius 3 is 2.21 bits per heavy atom. The standard InChI is InChI=1S/C16H17Cl2NO4S/c1-22-15-7-6-11(10-16(15)23-2)24(20,21)19-9-8-12-13(17)4-3-5-14(12)18/h3-7,10,19H,8-9H2,1-2H3. The maximum atomic E-state index is 12.4. The van der Waals surface area contributed by atoms with E-state index in [1.807, 2.05) is 0 Å². The minimum absolute atomic E-state index is 0.0883. The Kier molecular flexibility index (Phi) is 6.34. The largest absolute Gasteiger partial charge is 0.493 e. The quantitative estimate of drug-likeness (QED) is 0.786. The van der Waals surface area contributed by atoms with Crippen LogP contribution in [0.3, 0.4) is 0 Å². The third kappa shape index (κ3) is 4.33. The van der Waals surface area contributed by atoms with Crippen LogP contribution in [0.2, 0.25) is 10.0 Å². The first-order valence-corrected chi connectivity index (χ1v) is 9.27. The number of hydrogen-bond donors (Lipinski definition) is 1. The summed E-state index contributed by atoms with van der Waals surface area (Å²) in [6, 6.07) is 9.56. The van der Waals surface area contributed by atoms with Crippen LogP contribution < -0.4 is 14.2 Å². The van der Waals surface area contributed by atoms with Crippen molar-refractivity contribution in [2.75, 3.05) is 20.8 Å². The van der Waals surface area contributed by atoms with Gasteiger partial charge in [-0.1, -0.05) is 29.3 Å². The zero-order valence-corrected chi connectivity index (χ0v) is 15.5. The van der Waals surface area contributed by atoms with Crippen LogP contribution in [0.25, 0.3) is 0 Å². The van der Waals surface area contributed by atoms with Crippen LogP contribution in [0.5, 0.6) is 11.5 Å². The number of methoxy groups -OCH3 is 2. The highest BCUT2D eigenvalue weighted by Crippen LogP contribution is 2.29. The SMILES string of the molecule is COc1ccc(S(=O)(=O)NCCc2c(Cl)cccc2Cl)cc1OC. The molecule has 0 atom stereocenters. The van der Waals surface area contributed by atoms with Crippen molar-refractivity contribution in [3.05, 3.63) is 52.0 Å². The Morgan fingerprint density at radius 2 is 1.62 bits per heavy atom. The molecule has 0 radical (unpaired) electrons. The molecule has 0 spiro atoms. The molecule has 0 saturated heterocycles. The zero-order chi connectivity index (χ0) is 17.7. The molecule has 0 aliphatic rings. The molecular formula is C16H17Cl2NO4S. The van der Waals surface area contributed by atoms with E-state index in [2.05, 4.69) is 4.72 Å². The molecule has 2 aromatic rings. The van der Waals surface area contributed by atoms with Crippen LogP contribution in [-0.4, -0.2) is 29.2 Å². The van der Waals surface area contributed by atoms with Crippen molar-refractivity contribution in [2.45, 2.75) is 11.3 Å². The van der Waals surface area contributed by atoms with Gasteiger partial charge < -0.3 is 9.47 Å². The molecule has 0 unspecified atom stereocenters. The molecule has 8 heteroatoms. The molecule has 130 valence electrons. The lowest BCUT2D eigenvalue weighted by Gasteiger charge is -2.11. The molecular weight excluding hydrogens is 373 g/mol. The van der Waals surface area contributed by atoms with Crippen molar-refractivity contribution in [1.29, 1.82) is 0 Å². The molecule has 5 nitrogen and oxygen atoms in total. The van der Waals surface area contributed by atoms with Crippen LogP contribution in [0.4, 0.5) is 0 Å². The van der Waals surface area contributed by atoms with Gasteiger partial charge in [0.05, 0.1) is 19.1 Å². The molecule has 0 aliphatic carbocycles. The lowest BCUT2D eigenvalue weighted by atomic mass is 10.1. The first kappa shape index (κ1) is 18.9. The fourth-order valence-corrected chi connectivity index (χ4v) is 3.78. The fraction of sp³-hybridized carbons (Fsp3) is 0.250. The van der Waals surface area contributed by atoms with Gasteiger partial charge in [0.25, 0.3) is 0 Å². The monoisotopic (exact) mass is 389 g/mol. The summed E-state index contributed by atoms with van der Waals surface area (Å²) in [5.41, 5.74) is 0.704. The van der Waals surface area contributed by atoms with Gasteiger partial charge in [0.15, 0.2) is 11.5 Å². The van der Waals surface area contributed by atoms with Gasteiger partial charge in [-0.2, -0.15) is 0 Å². The summed E-state index contributed by atoms with van der Waals surface area (Å²) in [4.78, 5) is 0.0883. The smallest absolute Gasteiger partial charge is 0.240 e. The average Bonchev–Trinajstić information content (AvgIpc) is 2.56. The molecule has 2 aromatic carbocycles. The Balaban J connectivity index is 2.12. The highest BCUT2D eigenvalue weighted by atomic mass is 35.5. The summed E-state index contributed by atoms with van der Waals surface area (Å²) in [6.45, 7) is 0.167. The lowest BCUT2D eigenvalue weighted by molar-refractivity contribution is 0.354. The highest BCUT2D eigenvalue weighted by Gasteiger charge is 2.17. The van der Waals surface area contributed by atoms with Gasteiger partial charge in [-0.05, 0) is 36.2 Å². The molecule has 2 rings (SSSR count). The van der Waals surface area contributed by atoms with Crippen molar-refractivity contribution in [3.8, 4) is 11.5 Å². The number of nitrogens with one attached hydrogen (secondary N) is 1. The normalized spacial score (nSPS) is 11.3. The molecule has 0 saturated carbocycles. The van der Waals surface area contributed by atoms with Crippen LogP contribution in [0.15, 0.2) is 41.3 Å². The molecule has 0 fully saturated rings. The first-order chi connectivity index (χ1) is 11.4. The second-order valence-corrected chi connectivity index (χ2v) is 7.45. The van der Waals surface area contributed by atoms with E-state index in [0.29, 0.717) is 33.5 Å². The Morgan fingerprint density at radius 1 is 1.00 bits per heavy atom. The molecule has 0 heterocycles. The predicted octanol–water partition coefficient (Wildman–Crippen LogP) is 3.53. The second-order valence-electron chi connectivity index (χ2n) is 4.86. The third-order valence-corrected chi connectivity index (χ3v) is 5.56. The summed E-state index contributed by atoms with van der Waals surface area (Å²) >= 11 is 12.2. The number of halogens is 2. The molecule has 0 amide bonds. The fourth-order valence-electron chi connectivity index (χ4n) is 2.15. The van der Waals surface area contributed by atoms with Gasteiger partial charge in [-0.25, -0.2) is 13.1 Å². The molecule has 0 bridgehead atoms. The van der Waals surface area contributed by atoms with E-state index in [-0.39, 0.29) is 11.4 Å². The van der Waals surface area contributed by atoms with Gasteiger partial charge in [-0.3, -0.25) is 0 Å². The summed E-state index contributed by atoms with van der Waals surface area (Å²) in [7, 11) is -0.756. The third-order valence-electron chi connectivity index (χ3n) is 3.39. The van der Waals surface area contributed by atoms with Gasteiger partial charge in [-0.15, -0.1) is 0 Å². The number of sulfonamides is 1. The zero-order valence-electron chi connectivity index (χ0n) is 13.2. The summed E-state index contributed by atoms with van der Waals surface area (Å²) in [6.07, 6.45) is 0.380. The predicted molar refractivity (Wildman–Crippen MR) is 94.9 cm³/mol. The Bertz CT molecular complexity index is 805. The van der Waals surface area contributed by atoms with Crippen LogP contribution in [0, 0.1) is 0 Å². The van der Waals surface area contributed by atoms with Crippen molar-refractivity contribution in [2.24, 2.45) is 0 Å². The van der Waals surface area contributed by atoms with Crippen LogP contribution in [0.1, 0.15) is 5.56 Å². The van der Waals surface area contributed by atoms with Crippen LogP contribution in [-0.2, 0) is 16.4 Å². The maximum Gasteiger partial charge on any atom is 0.240 e. The molecule has 0 aromatic heterocycles. The van der Waals surface area contributed by atoms with E-state index in [9.17, 15) is 8.42 Å². The molecule has 0 aliphatic heterocycles. The minimum atomic E-state index is -3.69. The number of ether oxygens (including phenoxy) is 2. The van der Waals surface area contributed by atoms with E-state index in [1.165, 1.54) is 26.4 Å². The van der Waals surface area contributed by atoms with E-state index < -0.39 is 10.0 Å². The Hall–Kier alpha value is -1.47. The van der Waals surface area contributed by atoms with Crippen molar-refractivity contribution < 1.29 is 17.9 Å². The molecule has 24 heavy (non-hydrogen) atoms. The minimum Gasteiger partial charge on any atom is -0.493 e. The first-order valence-electron chi connectivity index (χ1n) is 7.03. The van der Waals surface area contributed by atoms with E-state index in [0.717, 1.165) is 0 Å². The van der Waals surface area contributed by atoms with Gasteiger partial charge >= 0.3 is 0 Å². The summed E-state index contributed by atoms with van der Waals surface area (Å²) in [5.74, 6) is 0.800. The van der Waals surface area contributed by atoms with E-state index in [1.54, 1.807) is 24.3 Å². The van der Waals surface area contributed by atoms with Crippen LogP contribution >= 0.6 is 23.2 Å². The maximum absolute atomic E-state index is 12.4. The van der Waals surface area contributed by atoms with E-state index >= 15 is 0 Å². The van der Waals surface area contributed by atoms with Gasteiger partial charge in [0.1, 0.15) is 0 Å². The van der Waals surface area contributed by atoms with Crippen molar-refractivity contribution >= 4 is 33.2 Å². The van der Waals surface area contributed by atoms with Gasteiger partial charge in [0.2, 0.25) is 10.0 Å². The lowest BCUT2D eigenvalue weighted by Crippen LogP contribution is -2.26. The number of benzene rings is 2. The van der Waals surface area contributed by atoms with Crippen molar-refractivity contribution in [1.82, 2.24) is 4.72 Å². The number of hydrogen-bond acceptors (Lipinski definition) is 4. The van der Waals surface area contributed by atoms with Crippen molar-refractivity contribution in [3.63, 3.8) is 0 Å². The topological polar surface area (TPSA) is 64.6 Å². The summed E-state index contributed by atoms with van der Waals surface area (Å²) < 4.78 is 37.5. The Labute approximate surface area is 151 Å². The summed E-state index contributed by atoms with van der Waals surface area (Å²) in [5, 5.41) is 1.01. The highest BCUT2D eigenvalue weighted by molar-refractivity contribution is 7.89. The molecule has 1 N–H and O–H groups in total.